The topological polar surface area (TPSA) is 36.1 Å². The molecule has 1 N–H and O–H groups in total. The van der Waals surface area contributed by atoms with Gasteiger partial charge in [-0.3, -0.25) is 4.79 Å². The zero-order valence-corrected chi connectivity index (χ0v) is 11.0. The van der Waals surface area contributed by atoms with Crippen molar-refractivity contribution < 1.29 is 4.79 Å². The van der Waals surface area contributed by atoms with Crippen molar-refractivity contribution in [2.75, 3.05) is 14.1 Å². The Balaban J connectivity index is 2.79. The third-order valence-electron chi connectivity index (χ3n) is 3.06. The second-order valence-corrected chi connectivity index (χ2v) is 4.83. The number of carbonyl (C=O) groups excluding carboxylic acids is 1. The summed E-state index contributed by atoms with van der Waals surface area (Å²) in [5.74, 6) is 0.0544. The lowest BCUT2D eigenvalue weighted by Gasteiger charge is -2.10. The quantitative estimate of drug-likeness (QED) is 0.803. The SMILES string of the molecule is Cc1cc(C)c2[nH]c(C)c(C(=O)N(C)C)c2c1. The fourth-order valence-corrected chi connectivity index (χ4v) is 2.28. The molecule has 0 saturated carbocycles. The van der Waals surface area contributed by atoms with Crippen LogP contribution in [0.1, 0.15) is 27.2 Å². The highest BCUT2D eigenvalue weighted by Crippen LogP contribution is 2.26. The number of nitrogens with one attached hydrogen (secondary N) is 1. The highest BCUT2D eigenvalue weighted by molar-refractivity contribution is 6.08. The monoisotopic (exact) mass is 230 g/mol. The van der Waals surface area contributed by atoms with E-state index in [1.165, 1.54) is 11.1 Å². The molecule has 3 nitrogen and oxygen atoms in total. The summed E-state index contributed by atoms with van der Waals surface area (Å²) in [6.45, 7) is 6.07. The summed E-state index contributed by atoms with van der Waals surface area (Å²) < 4.78 is 0. The summed E-state index contributed by atoms with van der Waals surface area (Å²) in [6, 6.07) is 4.20. The lowest BCUT2D eigenvalue weighted by molar-refractivity contribution is 0.0829. The number of aromatic nitrogens is 1. The number of benzene rings is 1. The van der Waals surface area contributed by atoms with Crippen molar-refractivity contribution in [1.29, 1.82) is 0 Å². The number of nitrogens with zero attached hydrogens (tertiary/aromatic N) is 1. The standard InChI is InChI=1S/C14H18N2O/c1-8-6-9(2)13-11(7-8)12(10(3)15-13)14(17)16(4)5/h6-7,15H,1-5H3. The molecule has 1 amide bonds. The van der Waals surface area contributed by atoms with Gasteiger partial charge in [0.2, 0.25) is 0 Å². The van der Waals surface area contributed by atoms with Gasteiger partial charge in [-0.15, -0.1) is 0 Å². The number of amides is 1. The summed E-state index contributed by atoms with van der Waals surface area (Å²) in [7, 11) is 3.56. The van der Waals surface area contributed by atoms with Gasteiger partial charge in [0.25, 0.3) is 5.91 Å². The molecule has 0 aliphatic rings. The lowest BCUT2D eigenvalue weighted by atomic mass is 10.0. The van der Waals surface area contributed by atoms with E-state index in [9.17, 15) is 4.79 Å². The summed E-state index contributed by atoms with van der Waals surface area (Å²) in [5, 5.41) is 1.03. The summed E-state index contributed by atoms with van der Waals surface area (Å²) in [6.07, 6.45) is 0. The van der Waals surface area contributed by atoms with E-state index in [0.29, 0.717) is 0 Å². The molecule has 0 aliphatic heterocycles. The Morgan fingerprint density at radius 1 is 1.18 bits per heavy atom. The molecule has 0 unspecified atom stereocenters. The first-order chi connectivity index (χ1) is 7.91. The average molecular weight is 230 g/mol. The molecule has 0 bridgehead atoms. The van der Waals surface area contributed by atoms with Gasteiger partial charge in [0, 0.05) is 30.7 Å². The zero-order chi connectivity index (χ0) is 12.7. The molecule has 1 aromatic carbocycles. The number of fused-ring (bicyclic) bond motifs is 1. The average Bonchev–Trinajstić information content (AvgIpc) is 2.54. The number of aryl methyl sites for hydroxylation is 3. The normalized spacial score (nSPS) is 10.9. The fourth-order valence-electron chi connectivity index (χ4n) is 2.28. The third kappa shape index (κ3) is 1.82. The number of aromatic amines is 1. The fraction of sp³-hybridized carbons (Fsp3) is 0.357. The van der Waals surface area contributed by atoms with Crippen LogP contribution in [0.3, 0.4) is 0 Å². The molecule has 0 spiro atoms. The number of rotatable bonds is 1. The maximum absolute atomic E-state index is 12.2. The molecular formula is C14H18N2O. The minimum Gasteiger partial charge on any atom is -0.358 e. The van der Waals surface area contributed by atoms with E-state index >= 15 is 0 Å². The van der Waals surface area contributed by atoms with Crippen molar-refractivity contribution in [2.45, 2.75) is 20.8 Å². The predicted molar refractivity (Wildman–Crippen MR) is 70.5 cm³/mol. The summed E-state index contributed by atoms with van der Waals surface area (Å²) in [5.41, 5.74) is 5.16. The Morgan fingerprint density at radius 2 is 1.82 bits per heavy atom. The second-order valence-electron chi connectivity index (χ2n) is 4.83. The van der Waals surface area contributed by atoms with Crippen LogP contribution in [-0.2, 0) is 0 Å². The second kappa shape index (κ2) is 3.91. The van der Waals surface area contributed by atoms with Crippen molar-refractivity contribution in [3.8, 4) is 0 Å². The Kier molecular flexibility index (Phi) is 2.69. The van der Waals surface area contributed by atoms with Crippen molar-refractivity contribution >= 4 is 16.8 Å². The van der Waals surface area contributed by atoms with Crippen LogP contribution in [0, 0.1) is 20.8 Å². The Hall–Kier alpha value is -1.77. The maximum Gasteiger partial charge on any atom is 0.255 e. The molecular weight excluding hydrogens is 212 g/mol. The highest BCUT2D eigenvalue weighted by atomic mass is 16.2. The van der Waals surface area contributed by atoms with E-state index in [1.807, 2.05) is 6.92 Å². The van der Waals surface area contributed by atoms with Crippen LogP contribution in [0.15, 0.2) is 12.1 Å². The molecule has 3 heteroatoms. The number of carbonyl (C=O) groups is 1. The van der Waals surface area contributed by atoms with E-state index in [4.69, 9.17) is 0 Å². The van der Waals surface area contributed by atoms with Crippen molar-refractivity contribution in [2.24, 2.45) is 0 Å². The van der Waals surface area contributed by atoms with Crippen molar-refractivity contribution in [1.82, 2.24) is 9.88 Å². The van der Waals surface area contributed by atoms with Gasteiger partial charge in [0.05, 0.1) is 5.56 Å². The van der Waals surface area contributed by atoms with Crippen LogP contribution in [0.4, 0.5) is 0 Å². The lowest BCUT2D eigenvalue weighted by Crippen LogP contribution is -2.22. The van der Waals surface area contributed by atoms with E-state index in [0.717, 1.165) is 22.2 Å². The first-order valence-electron chi connectivity index (χ1n) is 5.73. The molecule has 0 atom stereocenters. The molecule has 0 radical (unpaired) electrons. The van der Waals surface area contributed by atoms with Crippen molar-refractivity contribution in [3.63, 3.8) is 0 Å². The summed E-state index contributed by atoms with van der Waals surface area (Å²) in [4.78, 5) is 17.1. The molecule has 0 aliphatic carbocycles. The van der Waals surface area contributed by atoms with Crippen LogP contribution in [0.5, 0.6) is 0 Å². The largest absolute Gasteiger partial charge is 0.358 e. The minimum absolute atomic E-state index is 0.0544. The smallest absolute Gasteiger partial charge is 0.255 e. The maximum atomic E-state index is 12.2. The van der Waals surface area contributed by atoms with Gasteiger partial charge in [-0.05, 0) is 32.4 Å². The van der Waals surface area contributed by atoms with Gasteiger partial charge in [0.15, 0.2) is 0 Å². The predicted octanol–water partition coefficient (Wildman–Crippen LogP) is 2.79. The van der Waals surface area contributed by atoms with Crippen LogP contribution in [0.25, 0.3) is 10.9 Å². The zero-order valence-electron chi connectivity index (χ0n) is 11.0. The molecule has 2 rings (SSSR count). The van der Waals surface area contributed by atoms with Gasteiger partial charge >= 0.3 is 0 Å². The van der Waals surface area contributed by atoms with Crippen LogP contribution < -0.4 is 0 Å². The Labute approximate surface area is 101 Å². The van der Waals surface area contributed by atoms with Crippen LogP contribution >= 0.6 is 0 Å². The molecule has 1 heterocycles. The van der Waals surface area contributed by atoms with Gasteiger partial charge in [0.1, 0.15) is 0 Å². The summed E-state index contributed by atoms with van der Waals surface area (Å²) >= 11 is 0. The van der Waals surface area contributed by atoms with Gasteiger partial charge in [-0.2, -0.15) is 0 Å². The molecule has 0 fully saturated rings. The van der Waals surface area contributed by atoms with Crippen LogP contribution in [0.2, 0.25) is 0 Å². The van der Waals surface area contributed by atoms with Gasteiger partial charge in [-0.1, -0.05) is 11.6 Å². The van der Waals surface area contributed by atoms with Gasteiger partial charge < -0.3 is 9.88 Å². The Bertz CT molecular complexity index is 594. The highest BCUT2D eigenvalue weighted by Gasteiger charge is 2.18. The molecule has 1 aromatic heterocycles. The molecule has 0 saturated heterocycles. The van der Waals surface area contributed by atoms with Crippen molar-refractivity contribution in [3.05, 3.63) is 34.5 Å². The number of hydrogen-bond donors (Lipinski definition) is 1. The Morgan fingerprint density at radius 3 is 2.41 bits per heavy atom. The van der Waals surface area contributed by atoms with Crippen LogP contribution in [-0.4, -0.2) is 29.9 Å². The number of hydrogen-bond acceptors (Lipinski definition) is 1. The van der Waals surface area contributed by atoms with E-state index in [1.54, 1.807) is 19.0 Å². The molecule has 2 aromatic rings. The molecule has 17 heavy (non-hydrogen) atoms. The number of H-pyrrole nitrogens is 1. The van der Waals surface area contributed by atoms with E-state index < -0.39 is 0 Å². The minimum atomic E-state index is 0.0544. The third-order valence-corrected chi connectivity index (χ3v) is 3.06. The van der Waals surface area contributed by atoms with E-state index in [-0.39, 0.29) is 5.91 Å². The molecule has 90 valence electrons. The first kappa shape index (κ1) is 11.7. The van der Waals surface area contributed by atoms with E-state index in [2.05, 4.69) is 31.0 Å². The van der Waals surface area contributed by atoms with Gasteiger partial charge in [-0.25, -0.2) is 0 Å². The first-order valence-corrected chi connectivity index (χ1v) is 5.73.